The average Bonchev–Trinajstić information content (AvgIpc) is 2.66. The van der Waals surface area contributed by atoms with Crippen LogP contribution in [-0.4, -0.2) is 24.6 Å². The number of hydrogen-bond acceptors (Lipinski definition) is 4. The number of halogens is 1. The fourth-order valence-corrected chi connectivity index (χ4v) is 2.85. The van der Waals surface area contributed by atoms with E-state index in [0.29, 0.717) is 35.4 Å². The highest BCUT2D eigenvalue weighted by Crippen LogP contribution is 2.28. The van der Waals surface area contributed by atoms with E-state index in [1.54, 1.807) is 6.92 Å². The molecule has 2 aromatic carbocycles. The van der Waals surface area contributed by atoms with E-state index in [1.807, 2.05) is 31.2 Å². The summed E-state index contributed by atoms with van der Waals surface area (Å²) in [6.45, 7) is 4.64. The van der Waals surface area contributed by atoms with Gasteiger partial charge in [0.05, 0.1) is 19.2 Å². The molecule has 140 valence electrons. The minimum Gasteiger partial charge on any atom is -0.496 e. The van der Waals surface area contributed by atoms with Crippen LogP contribution in [0.25, 0.3) is 10.9 Å². The van der Waals surface area contributed by atoms with Crippen LogP contribution in [-0.2, 0) is 6.54 Å². The lowest BCUT2D eigenvalue weighted by molar-refractivity contribution is 0.0946. The van der Waals surface area contributed by atoms with E-state index in [1.165, 1.54) is 25.3 Å². The van der Waals surface area contributed by atoms with Gasteiger partial charge in [0, 0.05) is 18.0 Å². The maximum Gasteiger partial charge on any atom is 0.270 e. The third-order valence-corrected chi connectivity index (χ3v) is 4.17. The highest BCUT2D eigenvalue weighted by atomic mass is 19.1. The first-order valence-corrected chi connectivity index (χ1v) is 8.66. The number of ether oxygens (including phenoxy) is 2. The standard InChI is InChI=1S/C21H21FN2O3/c1-4-27-16-7-5-14(6-8-16)12-23-21(25)18-11-19(26-3)17-10-15(22)9-13(2)20(17)24-18/h5-11H,4,12H2,1-3H3,(H,23,25). The molecule has 1 N–H and O–H groups in total. The van der Waals surface area contributed by atoms with Crippen LogP contribution in [0.15, 0.2) is 42.5 Å². The van der Waals surface area contributed by atoms with E-state index in [-0.39, 0.29) is 17.4 Å². The number of amides is 1. The molecule has 0 bridgehead atoms. The molecule has 0 atom stereocenters. The van der Waals surface area contributed by atoms with E-state index in [2.05, 4.69) is 10.3 Å². The van der Waals surface area contributed by atoms with Gasteiger partial charge < -0.3 is 14.8 Å². The molecular formula is C21H21FN2O3. The van der Waals surface area contributed by atoms with Crippen LogP contribution in [0.5, 0.6) is 11.5 Å². The zero-order valence-corrected chi connectivity index (χ0v) is 15.5. The first kappa shape index (κ1) is 18.6. The molecule has 0 aliphatic rings. The second kappa shape index (κ2) is 8.03. The predicted octanol–water partition coefficient (Wildman–Crippen LogP) is 4.02. The van der Waals surface area contributed by atoms with E-state index >= 15 is 0 Å². The van der Waals surface area contributed by atoms with Crippen molar-refractivity contribution < 1.29 is 18.7 Å². The molecule has 0 saturated carbocycles. The summed E-state index contributed by atoms with van der Waals surface area (Å²) in [4.78, 5) is 16.9. The normalized spacial score (nSPS) is 10.7. The number of rotatable bonds is 6. The number of fused-ring (bicyclic) bond motifs is 1. The summed E-state index contributed by atoms with van der Waals surface area (Å²) in [6, 6.07) is 11.8. The Labute approximate surface area is 157 Å². The molecule has 0 fully saturated rings. The zero-order chi connectivity index (χ0) is 19.4. The van der Waals surface area contributed by atoms with Gasteiger partial charge in [0.1, 0.15) is 23.0 Å². The SMILES string of the molecule is CCOc1ccc(CNC(=O)c2cc(OC)c3cc(F)cc(C)c3n2)cc1. The van der Waals surface area contributed by atoms with Crippen LogP contribution in [0.3, 0.4) is 0 Å². The fourth-order valence-electron chi connectivity index (χ4n) is 2.85. The molecule has 0 saturated heterocycles. The van der Waals surface area contributed by atoms with Gasteiger partial charge in [-0.1, -0.05) is 12.1 Å². The van der Waals surface area contributed by atoms with Gasteiger partial charge in [-0.3, -0.25) is 4.79 Å². The van der Waals surface area contributed by atoms with Gasteiger partial charge in [-0.05, 0) is 49.2 Å². The summed E-state index contributed by atoms with van der Waals surface area (Å²) < 4.78 is 24.4. The molecular weight excluding hydrogens is 347 g/mol. The fraction of sp³-hybridized carbons (Fsp3) is 0.238. The van der Waals surface area contributed by atoms with Crippen molar-refractivity contribution in [1.82, 2.24) is 10.3 Å². The number of carbonyl (C=O) groups is 1. The Morgan fingerprint density at radius 3 is 2.59 bits per heavy atom. The van der Waals surface area contributed by atoms with Crippen LogP contribution in [0, 0.1) is 12.7 Å². The van der Waals surface area contributed by atoms with Crippen molar-refractivity contribution in [3.05, 3.63) is 65.1 Å². The lowest BCUT2D eigenvalue weighted by Gasteiger charge is -2.11. The predicted molar refractivity (Wildman–Crippen MR) is 102 cm³/mol. The summed E-state index contributed by atoms with van der Waals surface area (Å²) >= 11 is 0. The monoisotopic (exact) mass is 368 g/mol. The largest absolute Gasteiger partial charge is 0.496 e. The minimum atomic E-state index is -0.368. The summed E-state index contributed by atoms with van der Waals surface area (Å²) in [5, 5.41) is 3.38. The molecule has 1 heterocycles. The second-order valence-electron chi connectivity index (χ2n) is 6.09. The third kappa shape index (κ3) is 4.16. The first-order chi connectivity index (χ1) is 13.0. The van der Waals surface area contributed by atoms with Gasteiger partial charge in [-0.2, -0.15) is 0 Å². The molecule has 1 aromatic heterocycles. The summed E-state index contributed by atoms with van der Waals surface area (Å²) in [6.07, 6.45) is 0. The number of aryl methyl sites for hydroxylation is 1. The van der Waals surface area contributed by atoms with Crippen molar-refractivity contribution >= 4 is 16.8 Å². The molecule has 3 aromatic rings. The highest BCUT2D eigenvalue weighted by molar-refractivity contribution is 5.97. The molecule has 27 heavy (non-hydrogen) atoms. The van der Waals surface area contributed by atoms with E-state index < -0.39 is 0 Å². The van der Waals surface area contributed by atoms with Crippen molar-refractivity contribution in [3.63, 3.8) is 0 Å². The van der Waals surface area contributed by atoms with Crippen LogP contribution in [0.1, 0.15) is 28.5 Å². The van der Waals surface area contributed by atoms with E-state index in [9.17, 15) is 9.18 Å². The Kier molecular flexibility index (Phi) is 5.54. The molecule has 0 aliphatic heterocycles. The maximum absolute atomic E-state index is 13.7. The maximum atomic E-state index is 13.7. The van der Waals surface area contributed by atoms with Gasteiger partial charge in [0.25, 0.3) is 5.91 Å². The first-order valence-electron chi connectivity index (χ1n) is 8.66. The molecule has 1 amide bonds. The Bertz CT molecular complexity index is 971. The number of aromatic nitrogens is 1. The summed E-state index contributed by atoms with van der Waals surface area (Å²) in [5.41, 5.74) is 2.35. The topological polar surface area (TPSA) is 60.5 Å². The molecule has 0 aliphatic carbocycles. The summed E-state index contributed by atoms with van der Waals surface area (Å²) in [7, 11) is 1.48. The van der Waals surface area contributed by atoms with Crippen LogP contribution in [0.4, 0.5) is 4.39 Å². The quantitative estimate of drug-likeness (QED) is 0.714. The summed E-state index contributed by atoms with van der Waals surface area (Å²) in [5.74, 6) is 0.505. The number of methoxy groups -OCH3 is 1. The number of pyridine rings is 1. The second-order valence-corrected chi connectivity index (χ2v) is 6.09. The lowest BCUT2D eigenvalue weighted by atomic mass is 10.1. The molecule has 0 radical (unpaired) electrons. The van der Waals surface area contributed by atoms with E-state index in [4.69, 9.17) is 9.47 Å². The van der Waals surface area contributed by atoms with Crippen molar-refractivity contribution in [3.8, 4) is 11.5 Å². The molecule has 5 nitrogen and oxygen atoms in total. The van der Waals surface area contributed by atoms with Gasteiger partial charge in [0.2, 0.25) is 0 Å². The van der Waals surface area contributed by atoms with Crippen LogP contribution in [0.2, 0.25) is 0 Å². The Morgan fingerprint density at radius 1 is 1.19 bits per heavy atom. The number of nitrogens with zero attached hydrogens (tertiary/aromatic N) is 1. The average molecular weight is 368 g/mol. The Morgan fingerprint density at radius 2 is 1.93 bits per heavy atom. The van der Waals surface area contributed by atoms with Crippen LogP contribution >= 0.6 is 0 Å². The molecule has 6 heteroatoms. The third-order valence-electron chi connectivity index (χ3n) is 4.17. The van der Waals surface area contributed by atoms with Crippen molar-refractivity contribution in [1.29, 1.82) is 0 Å². The van der Waals surface area contributed by atoms with E-state index in [0.717, 1.165) is 11.3 Å². The van der Waals surface area contributed by atoms with Gasteiger partial charge in [-0.25, -0.2) is 9.37 Å². The Balaban J connectivity index is 1.81. The van der Waals surface area contributed by atoms with Gasteiger partial charge >= 0.3 is 0 Å². The van der Waals surface area contributed by atoms with Crippen molar-refractivity contribution in [2.45, 2.75) is 20.4 Å². The zero-order valence-electron chi connectivity index (χ0n) is 15.5. The van der Waals surface area contributed by atoms with Crippen LogP contribution < -0.4 is 14.8 Å². The van der Waals surface area contributed by atoms with Crippen molar-refractivity contribution in [2.75, 3.05) is 13.7 Å². The number of hydrogen-bond donors (Lipinski definition) is 1. The Hall–Kier alpha value is -3.15. The number of nitrogens with one attached hydrogen (secondary N) is 1. The van der Waals surface area contributed by atoms with Gasteiger partial charge in [-0.15, -0.1) is 0 Å². The number of carbonyl (C=O) groups excluding carboxylic acids is 1. The van der Waals surface area contributed by atoms with Crippen molar-refractivity contribution in [2.24, 2.45) is 0 Å². The molecule has 3 rings (SSSR count). The highest BCUT2D eigenvalue weighted by Gasteiger charge is 2.15. The van der Waals surface area contributed by atoms with Gasteiger partial charge in [0.15, 0.2) is 0 Å². The molecule has 0 unspecified atom stereocenters. The minimum absolute atomic E-state index is 0.222. The molecule has 0 spiro atoms. The number of benzene rings is 2. The lowest BCUT2D eigenvalue weighted by Crippen LogP contribution is -2.24. The smallest absolute Gasteiger partial charge is 0.270 e.